The van der Waals surface area contributed by atoms with Crippen molar-refractivity contribution in [2.75, 3.05) is 19.3 Å². The van der Waals surface area contributed by atoms with Gasteiger partial charge >= 0.3 is 0 Å². The van der Waals surface area contributed by atoms with Gasteiger partial charge < -0.3 is 15.6 Å². The third-order valence-corrected chi connectivity index (χ3v) is 7.37. The number of aromatic nitrogens is 1. The van der Waals surface area contributed by atoms with Gasteiger partial charge in [-0.2, -0.15) is 0 Å². The summed E-state index contributed by atoms with van der Waals surface area (Å²) in [6.45, 7) is 5.49. The number of nitrogens with one attached hydrogen (secondary N) is 3. The number of H-pyrrole nitrogens is 1. The van der Waals surface area contributed by atoms with E-state index in [1.54, 1.807) is 0 Å². The predicted molar refractivity (Wildman–Crippen MR) is 99.3 cm³/mol. The molecule has 6 nitrogen and oxygen atoms in total. The number of sulfone groups is 1. The average Bonchev–Trinajstić information content (AvgIpc) is 2.86. The second-order valence-corrected chi connectivity index (χ2v) is 9.28. The summed E-state index contributed by atoms with van der Waals surface area (Å²) in [5.41, 5.74) is 4.34. The normalized spacial score (nSPS) is 17.6. The molecule has 0 spiro atoms. The van der Waals surface area contributed by atoms with E-state index < -0.39 is 20.5 Å². The van der Waals surface area contributed by atoms with Gasteiger partial charge in [0, 0.05) is 29.4 Å². The maximum Gasteiger partial charge on any atom is 0.241 e. The van der Waals surface area contributed by atoms with Crippen LogP contribution in [0.25, 0.3) is 10.9 Å². The van der Waals surface area contributed by atoms with Crippen LogP contribution >= 0.6 is 0 Å². The van der Waals surface area contributed by atoms with Crippen LogP contribution in [0.3, 0.4) is 0 Å². The lowest BCUT2D eigenvalue weighted by molar-refractivity contribution is -0.124. The minimum atomic E-state index is -3.49. The Labute approximate surface area is 148 Å². The van der Waals surface area contributed by atoms with Crippen molar-refractivity contribution in [1.82, 2.24) is 15.6 Å². The molecule has 0 atom stereocenters. The van der Waals surface area contributed by atoms with Gasteiger partial charge in [-0.1, -0.05) is 6.07 Å². The molecule has 1 aromatic carbocycles. The van der Waals surface area contributed by atoms with Crippen LogP contribution in [0.5, 0.6) is 0 Å². The molecule has 2 aromatic rings. The Hall–Kier alpha value is -1.86. The molecule has 0 bridgehead atoms. The lowest BCUT2D eigenvalue weighted by atomic mass is 9.95. The highest BCUT2D eigenvalue weighted by atomic mass is 32.2. The molecule has 0 unspecified atom stereocenters. The van der Waals surface area contributed by atoms with Crippen molar-refractivity contribution in [3.05, 3.63) is 35.0 Å². The van der Waals surface area contributed by atoms with E-state index in [2.05, 4.69) is 22.5 Å². The molecule has 1 aliphatic heterocycles. The van der Waals surface area contributed by atoms with E-state index in [1.807, 2.05) is 25.1 Å². The maximum atomic E-state index is 12.8. The second-order valence-electron chi connectivity index (χ2n) is 6.95. The molecule has 3 rings (SSSR count). The number of amides is 1. The van der Waals surface area contributed by atoms with Crippen LogP contribution in [0.4, 0.5) is 0 Å². The van der Waals surface area contributed by atoms with Crippen molar-refractivity contribution in [2.24, 2.45) is 0 Å². The van der Waals surface area contributed by atoms with E-state index in [0.717, 1.165) is 28.4 Å². The molecule has 1 amide bonds. The molecule has 0 aliphatic carbocycles. The van der Waals surface area contributed by atoms with Gasteiger partial charge in [0.15, 0.2) is 14.6 Å². The third kappa shape index (κ3) is 3.18. The minimum Gasteiger partial charge on any atom is -0.358 e. The Kier molecular flexibility index (Phi) is 4.64. The summed E-state index contributed by atoms with van der Waals surface area (Å²) in [5.74, 6) is -0.390. The molecule has 0 saturated carbocycles. The third-order valence-electron chi connectivity index (χ3n) is 5.36. The fourth-order valence-corrected chi connectivity index (χ4v) is 4.91. The van der Waals surface area contributed by atoms with Crippen molar-refractivity contribution in [1.29, 1.82) is 0 Å². The molecule has 1 aromatic heterocycles. The van der Waals surface area contributed by atoms with Gasteiger partial charge in [0.25, 0.3) is 0 Å². The molecule has 1 aliphatic rings. The summed E-state index contributed by atoms with van der Waals surface area (Å²) >= 11 is 0. The van der Waals surface area contributed by atoms with Crippen LogP contribution in [0.2, 0.25) is 0 Å². The molecular weight excluding hydrogens is 338 g/mol. The van der Waals surface area contributed by atoms with Crippen LogP contribution in [0.15, 0.2) is 18.2 Å². The molecule has 0 radical (unpaired) electrons. The number of piperidine rings is 1. The Morgan fingerprint density at radius 1 is 1.24 bits per heavy atom. The topological polar surface area (TPSA) is 91.1 Å². The molecule has 2 heterocycles. The number of aromatic amines is 1. The van der Waals surface area contributed by atoms with Crippen molar-refractivity contribution >= 4 is 26.6 Å². The molecule has 3 N–H and O–H groups in total. The first-order valence-corrected chi connectivity index (χ1v) is 10.4. The monoisotopic (exact) mass is 363 g/mol. The number of fused-ring (bicyclic) bond motifs is 1. The Morgan fingerprint density at radius 3 is 2.56 bits per heavy atom. The molecule has 7 heteroatoms. The summed E-state index contributed by atoms with van der Waals surface area (Å²) in [6, 6.07) is 5.99. The lowest BCUT2D eigenvalue weighted by Gasteiger charge is -2.34. The van der Waals surface area contributed by atoms with E-state index in [4.69, 9.17) is 0 Å². The van der Waals surface area contributed by atoms with Crippen LogP contribution in [-0.4, -0.2) is 43.4 Å². The zero-order valence-corrected chi connectivity index (χ0v) is 15.7. The fraction of sp³-hybridized carbons (Fsp3) is 0.500. The number of hydrogen-bond acceptors (Lipinski definition) is 4. The summed E-state index contributed by atoms with van der Waals surface area (Å²) in [5, 5.41) is 7.10. The van der Waals surface area contributed by atoms with Crippen LogP contribution in [-0.2, 0) is 21.2 Å². The molecule has 136 valence electrons. The first kappa shape index (κ1) is 17.9. The number of hydrogen-bond donors (Lipinski definition) is 3. The van der Waals surface area contributed by atoms with Gasteiger partial charge in [-0.05, 0) is 63.0 Å². The number of carbonyl (C=O) groups excluding carboxylic acids is 1. The Balaban J connectivity index is 1.80. The summed E-state index contributed by atoms with van der Waals surface area (Å²) < 4.78 is 23.3. The summed E-state index contributed by atoms with van der Waals surface area (Å²) in [7, 11) is -3.49. The van der Waals surface area contributed by atoms with Gasteiger partial charge in [0.05, 0.1) is 0 Å². The van der Waals surface area contributed by atoms with Crippen molar-refractivity contribution in [2.45, 2.75) is 38.0 Å². The van der Waals surface area contributed by atoms with Crippen molar-refractivity contribution in [3.8, 4) is 0 Å². The number of benzene rings is 1. The quantitative estimate of drug-likeness (QED) is 0.769. The highest BCUT2D eigenvalue weighted by Gasteiger charge is 2.48. The Morgan fingerprint density at radius 2 is 1.92 bits per heavy atom. The van der Waals surface area contributed by atoms with Crippen LogP contribution in [0, 0.1) is 13.8 Å². The highest BCUT2D eigenvalue weighted by Crippen LogP contribution is 2.28. The van der Waals surface area contributed by atoms with E-state index in [0.29, 0.717) is 32.5 Å². The van der Waals surface area contributed by atoms with Gasteiger partial charge in [0.2, 0.25) is 5.91 Å². The van der Waals surface area contributed by atoms with Crippen molar-refractivity contribution in [3.63, 3.8) is 0 Å². The Bertz CT molecular complexity index is 909. The lowest BCUT2D eigenvalue weighted by Crippen LogP contribution is -2.57. The second kappa shape index (κ2) is 6.46. The number of aryl methyl sites for hydroxylation is 2. The SMILES string of the molecule is Cc1[nH]c2ccc(CNC(=O)C3(S(C)(=O)=O)CCNCC3)cc2c1C. The zero-order chi connectivity index (χ0) is 18.2. The van der Waals surface area contributed by atoms with Gasteiger partial charge in [-0.25, -0.2) is 8.42 Å². The molecule has 1 fully saturated rings. The van der Waals surface area contributed by atoms with Crippen molar-refractivity contribution < 1.29 is 13.2 Å². The largest absolute Gasteiger partial charge is 0.358 e. The molecule has 1 saturated heterocycles. The highest BCUT2D eigenvalue weighted by molar-refractivity contribution is 7.92. The van der Waals surface area contributed by atoms with E-state index >= 15 is 0 Å². The minimum absolute atomic E-state index is 0.312. The van der Waals surface area contributed by atoms with E-state index in [1.165, 1.54) is 5.56 Å². The smallest absolute Gasteiger partial charge is 0.241 e. The fourth-order valence-electron chi connectivity index (χ4n) is 3.56. The van der Waals surface area contributed by atoms with Gasteiger partial charge in [-0.3, -0.25) is 4.79 Å². The summed E-state index contributed by atoms with van der Waals surface area (Å²) in [4.78, 5) is 16.1. The first-order chi connectivity index (χ1) is 11.7. The van der Waals surface area contributed by atoms with Gasteiger partial charge in [-0.15, -0.1) is 0 Å². The first-order valence-electron chi connectivity index (χ1n) is 8.51. The van der Waals surface area contributed by atoms with E-state index in [-0.39, 0.29) is 0 Å². The molecule has 25 heavy (non-hydrogen) atoms. The number of rotatable bonds is 4. The maximum absolute atomic E-state index is 12.8. The standard InChI is InChI=1S/C18H25N3O3S/c1-12-13(2)21-16-5-4-14(10-15(12)16)11-20-17(22)18(25(3,23)24)6-8-19-9-7-18/h4-5,10,19,21H,6-9,11H2,1-3H3,(H,20,22). The van der Waals surface area contributed by atoms with Crippen LogP contribution in [0.1, 0.15) is 29.7 Å². The van der Waals surface area contributed by atoms with Crippen LogP contribution < -0.4 is 10.6 Å². The predicted octanol–water partition coefficient (Wildman–Crippen LogP) is 1.57. The van der Waals surface area contributed by atoms with Gasteiger partial charge in [0.1, 0.15) is 0 Å². The zero-order valence-electron chi connectivity index (χ0n) is 14.9. The molecular formula is C18H25N3O3S. The average molecular weight is 363 g/mol. The number of carbonyl (C=O) groups is 1. The van der Waals surface area contributed by atoms with E-state index in [9.17, 15) is 13.2 Å². The summed E-state index contributed by atoms with van der Waals surface area (Å²) in [6.07, 6.45) is 1.79.